The van der Waals surface area contributed by atoms with Crippen molar-refractivity contribution in [2.45, 2.75) is 123 Å². The summed E-state index contributed by atoms with van der Waals surface area (Å²) in [5.74, 6) is 0. The highest BCUT2D eigenvalue weighted by Gasteiger charge is 2.32. The number of fused-ring (bicyclic) bond motifs is 3. The molecule has 0 amide bonds. The topological polar surface area (TPSA) is 62.8 Å². The summed E-state index contributed by atoms with van der Waals surface area (Å²) < 4.78 is 44.7. The second-order valence-electron chi connectivity index (χ2n) is 11.7. The largest absolute Gasteiger partial charge is 0.430 e. The first kappa shape index (κ1) is 34.6. The summed E-state index contributed by atoms with van der Waals surface area (Å²) in [6.07, 6.45) is 15.6. The van der Waals surface area contributed by atoms with E-state index in [0.29, 0.717) is 6.08 Å². The molecule has 0 saturated heterocycles. The number of alkyl halides is 3. The average molecular weight is 662 g/mol. The SMILES string of the molecule is CCCCCCc1sc2c(sc3c(CCCCCC)c(-c4ccnc(C(=N)/C=C(\N)C(F)(F)F)c4)sc32)c1CCCCCC. The zero-order chi connectivity index (χ0) is 31.7. The van der Waals surface area contributed by atoms with Crippen LogP contribution in [0, 0.1) is 5.41 Å². The maximum Gasteiger partial charge on any atom is 0.430 e. The lowest BCUT2D eigenvalue weighted by molar-refractivity contribution is -0.0925. The molecule has 9 heteroatoms. The molecule has 0 spiro atoms. The van der Waals surface area contributed by atoms with E-state index in [-0.39, 0.29) is 11.4 Å². The zero-order valence-corrected chi connectivity index (χ0v) is 28.7. The van der Waals surface area contributed by atoms with Gasteiger partial charge in [-0.05, 0) is 73.4 Å². The second-order valence-corrected chi connectivity index (χ2v) is 14.9. The molecule has 0 aliphatic carbocycles. The quantitative estimate of drug-likeness (QED) is 0.0823. The Morgan fingerprint density at radius 2 is 1.34 bits per heavy atom. The molecule has 3 nitrogen and oxygen atoms in total. The van der Waals surface area contributed by atoms with Crippen molar-refractivity contribution in [3.63, 3.8) is 0 Å². The molecule has 44 heavy (non-hydrogen) atoms. The number of thiophene rings is 3. The fourth-order valence-electron chi connectivity index (χ4n) is 5.68. The van der Waals surface area contributed by atoms with E-state index in [4.69, 9.17) is 11.1 Å². The van der Waals surface area contributed by atoms with Crippen molar-refractivity contribution in [1.29, 1.82) is 5.41 Å². The van der Waals surface area contributed by atoms with Crippen molar-refractivity contribution in [2.75, 3.05) is 0 Å². The summed E-state index contributed by atoms with van der Waals surface area (Å²) in [5.41, 5.74) is 7.59. The highest BCUT2D eigenvalue weighted by Crippen LogP contribution is 2.51. The van der Waals surface area contributed by atoms with Crippen LogP contribution >= 0.6 is 34.0 Å². The lowest BCUT2D eigenvalue weighted by Crippen LogP contribution is -2.20. The van der Waals surface area contributed by atoms with Gasteiger partial charge in [-0.25, -0.2) is 0 Å². The minimum Gasteiger partial charge on any atom is -0.395 e. The highest BCUT2D eigenvalue weighted by molar-refractivity contribution is 7.39. The number of halogens is 3. The van der Waals surface area contributed by atoms with Crippen LogP contribution in [0.5, 0.6) is 0 Å². The predicted octanol–water partition coefficient (Wildman–Crippen LogP) is 12.4. The molecular formula is C35H46F3N3S3. The number of hydrogen-bond donors (Lipinski definition) is 2. The number of pyridine rings is 1. The Bertz CT molecular complexity index is 1560. The normalized spacial score (nSPS) is 12.6. The molecule has 4 aromatic heterocycles. The predicted molar refractivity (Wildman–Crippen MR) is 187 cm³/mol. The standard InChI is InChI=1S/C35H46F3N3S3/c1-4-7-10-13-16-24-28(18-15-12-9-6-3)42-33-31(24)44-32-25(17-14-11-8-5-2)30(43-34(32)33)23-19-20-41-27(21-23)26(39)22-29(40)35(36,37)38/h19-22,39H,4-18,40H2,1-3H3/b29-22-,39-26?. The van der Waals surface area contributed by atoms with Crippen LogP contribution in [0.2, 0.25) is 0 Å². The molecule has 0 aliphatic heterocycles. The van der Waals surface area contributed by atoms with Gasteiger partial charge >= 0.3 is 6.18 Å². The van der Waals surface area contributed by atoms with Crippen LogP contribution in [0.15, 0.2) is 30.1 Å². The molecule has 0 radical (unpaired) electrons. The summed E-state index contributed by atoms with van der Waals surface area (Å²) >= 11 is 5.75. The number of unbranched alkanes of at least 4 members (excludes halogenated alkanes) is 9. The first-order valence-electron chi connectivity index (χ1n) is 16.3. The van der Waals surface area contributed by atoms with E-state index in [0.717, 1.165) is 36.1 Å². The van der Waals surface area contributed by atoms with Gasteiger partial charge < -0.3 is 5.73 Å². The van der Waals surface area contributed by atoms with Crippen LogP contribution < -0.4 is 5.73 Å². The van der Waals surface area contributed by atoms with E-state index in [1.165, 1.54) is 95.0 Å². The van der Waals surface area contributed by atoms with E-state index >= 15 is 0 Å². The van der Waals surface area contributed by atoms with Crippen LogP contribution in [0.3, 0.4) is 0 Å². The summed E-state index contributed by atoms with van der Waals surface area (Å²) in [6.45, 7) is 6.74. The van der Waals surface area contributed by atoms with Gasteiger partial charge in [0, 0.05) is 16.0 Å². The van der Waals surface area contributed by atoms with Gasteiger partial charge in [0.2, 0.25) is 0 Å². The fraction of sp³-hybridized carbons (Fsp3) is 0.543. The molecule has 4 aromatic rings. The molecular weight excluding hydrogens is 616 g/mol. The Morgan fingerprint density at radius 3 is 1.95 bits per heavy atom. The van der Waals surface area contributed by atoms with Gasteiger partial charge in [0.15, 0.2) is 0 Å². The summed E-state index contributed by atoms with van der Waals surface area (Å²) in [6, 6.07) is 3.67. The molecule has 0 aromatic carbocycles. The van der Waals surface area contributed by atoms with Crippen LogP contribution in [-0.4, -0.2) is 16.9 Å². The molecule has 0 unspecified atom stereocenters. The molecule has 240 valence electrons. The van der Waals surface area contributed by atoms with Crippen molar-refractivity contribution in [1.82, 2.24) is 4.98 Å². The summed E-state index contributed by atoms with van der Waals surface area (Å²) in [7, 11) is 0. The number of nitrogens with one attached hydrogen (secondary N) is 1. The van der Waals surface area contributed by atoms with Crippen molar-refractivity contribution in [2.24, 2.45) is 5.73 Å². The molecule has 0 aliphatic rings. The lowest BCUT2D eigenvalue weighted by Gasteiger charge is -2.08. The number of aromatic nitrogens is 1. The summed E-state index contributed by atoms with van der Waals surface area (Å²) in [4.78, 5) is 6.94. The van der Waals surface area contributed by atoms with Crippen molar-refractivity contribution < 1.29 is 13.2 Å². The average Bonchev–Trinajstić information content (AvgIpc) is 3.64. The van der Waals surface area contributed by atoms with Crippen LogP contribution in [0.25, 0.3) is 29.2 Å². The van der Waals surface area contributed by atoms with E-state index in [2.05, 4.69) is 25.8 Å². The number of allylic oxidation sites excluding steroid dienone is 2. The second kappa shape index (κ2) is 16.4. The van der Waals surface area contributed by atoms with Crippen molar-refractivity contribution in [3.8, 4) is 10.4 Å². The number of hydrogen-bond acceptors (Lipinski definition) is 6. The Hall–Kier alpha value is -2.23. The Morgan fingerprint density at radius 1 is 0.773 bits per heavy atom. The molecule has 0 saturated carbocycles. The number of nitrogens with two attached hydrogens (primary N) is 1. The lowest BCUT2D eigenvalue weighted by atomic mass is 10.0. The number of rotatable bonds is 18. The number of aryl methyl sites for hydroxylation is 3. The van der Waals surface area contributed by atoms with E-state index in [9.17, 15) is 13.2 Å². The highest BCUT2D eigenvalue weighted by atomic mass is 32.1. The molecule has 0 fully saturated rings. The Labute approximate surface area is 272 Å². The maximum absolute atomic E-state index is 13.0. The monoisotopic (exact) mass is 661 g/mol. The van der Waals surface area contributed by atoms with Gasteiger partial charge in [0.1, 0.15) is 5.70 Å². The van der Waals surface area contributed by atoms with Gasteiger partial charge in [0.25, 0.3) is 0 Å². The third-order valence-corrected chi connectivity index (χ3v) is 12.5. The first-order chi connectivity index (χ1) is 21.2. The van der Waals surface area contributed by atoms with Crippen molar-refractivity contribution in [3.05, 3.63) is 51.8 Å². The maximum atomic E-state index is 13.0. The fourth-order valence-corrected chi connectivity index (χ4v) is 10.4. The van der Waals surface area contributed by atoms with Crippen LogP contribution in [0.1, 0.15) is 120 Å². The molecule has 0 atom stereocenters. The third kappa shape index (κ3) is 8.52. The minimum absolute atomic E-state index is 0.188. The zero-order valence-electron chi connectivity index (χ0n) is 26.3. The summed E-state index contributed by atoms with van der Waals surface area (Å²) in [5, 5.41) is 8.27. The number of nitrogens with zero attached hydrogens (tertiary/aromatic N) is 1. The van der Waals surface area contributed by atoms with Gasteiger partial charge in [-0.1, -0.05) is 78.6 Å². The Kier molecular flexibility index (Phi) is 12.9. The van der Waals surface area contributed by atoms with E-state index < -0.39 is 11.9 Å². The third-order valence-electron chi connectivity index (χ3n) is 8.15. The van der Waals surface area contributed by atoms with E-state index in [1.54, 1.807) is 34.0 Å². The molecule has 4 heterocycles. The molecule has 0 bridgehead atoms. The minimum atomic E-state index is -4.68. The first-order valence-corrected chi connectivity index (χ1v) is 18.7. The smallest absolute Gasteiger partial charge is 0.395 e. The van der Waals surface area contributed by atoms with Gasteiger partial charge in [0.05, 0.1) is 30.2 Å². The molecule has 4 rings (SSSR count). The van der Waals surface area contributed by atoms with Crippen LogP contribution in [-0.2, 0) is 19.3 Å². The van der Waals surface area contributed by atoms with Crippen LogP contribution in [0.4, 0.5) is 13.2 Å². The van der Waals surface area contributed by atoms with Gasteiger partial charge in [-0.15, -0.1) is 34.0 Å². The molecule has 3 N–H and O–H groups in total. The van der Waals surface area contributed by atoms with E-state index in [1.807, 2.05) is 28.7 Å². The van der Waals surface area contributed by atoms with Crippen molar-refractivity contribution >= 4 is 58.5 Å². The van der Waals surface area contributed by atoms with Gasteiger partial charge in [-0.2, -0.15) is 13.2 Å². The Balaban J connectivity index is 1.77. The van der Waals surface area contributed by atoms with Gasteiger partial charge in [-0.3, -0.25) is 10.4 Å².